The van der Waals surface area contributed by atoms with Crippen LogP contribution in [0.2, 0.25) is 0 Å². The minimum absolute atomic E-state index is 0.212. The molecule has 2 heterocycles. The molecule has 0 aliphatic carbocycles. The molecule has 2 aromatic heterocycles. The van der Waals surface area contributed by atoms with E-state index in [1.165, 1.54) is 0 Å². The molecule has 0 saturated heterocycles. The van der Waals surface area contributed by atoms with Crippen LogP contribution in [0.25, 0.3) is 0 Å². The predicted molar refractivity (Wildman–Crippen MR) is 93.6 cm³/mol. The van der Waals surface area contributed by atoms with Crippen molar-refractivity contribution in [3.05, 3.63) is 35.8 Å². The molecule has 0 aliphatic rings. The second kappa shape index (κ2) is 7.92. The summed E-state index contributed by atoms with van der Waals surface area (Å²) in [5.41, 5.74) is 1.98. The number of amides is 1. The molecule has 0 fully saturated rings. The van der Waals surface area contributed by atoms with Crippen LogP contribution in [0.4, 0.5) is 5.69 Å². The highest BCUT2D eigenvalue weighted by atomic mass is 16.5. The van der Waals surface area contributed by atoms with Crippen molar-refractivity contribution in [2.45, 2.75) is 26.8 Å². The fourth-order valence-electron chi connectivity index (χ4n) is 2.22. The first-order valence-corrected chi connectivity index (χ1v) is 7.98. The van der Waals surface area contributed by atoms with Crippen LogP contribution in [0.15, 0.2) is 24.4 Å². The Labute approximate surface area is 142 Å². The number of aryl methyl sites for hydroxylation is 1. The van der Waals surface area contributed by atoms with Crippen molar-refractivity contribution in [3.63, 3.8) is 0 Å². The number of rotatable bonds is 7. The van der Waals surface area contributed by atoms with Crippen LogP contribution in [0.1, 0.15) is 36.1 Å². The first-order valence-electron chi connectivity index (χ1n) is 7.98. The summed E-state index contributed by atoms with van der Waals surface area (Å²) in [6, 6.07) is 5.43. The van der Waals surface area contributed by atoms with Gasteiger partial charge in [-0.15, -0.1) is 0 Å². The molecule has 0 unspecified atom stereocenters. The summed E-state index contributed by atoms with van der Waals surface area (Å²) in [4.78, 5) is 18.5. The Morgan fingerprint density at radius 1 is 1.38 bits per heavy atom. The fourth-order valence-corrected chi connectivity index (χ4v) is 2.22. The maximum atomic E-state index is 12.4. The number of hydrogen-bond donors (Lipinski definition) is 1. The standard InChI is InChI=1S/C17H25N5O2/c1-12(2)22-13(3)10-15(20-22)17(23)19-14-6-7-18-16(11-14)24-9-8-21(4)5/h6-7,10-12H,8-9H2,1-5H3,(H,18,19,23). The molecular weight excluding hydrogens is 306 g/mol. The maximum absolute atomic E-state index is 12.4. The van der Waals surface area contributed by atoms with Gasteiger partial charge in [0.2, 0.25) is 5.88 Å². The Balaban J connectivity index is 2.02. The van der Waals surface area contributed by atoms with E-state index in [0.29, 0.717) is 23.9 Å². The van der Waals surface area contributed by atoms with E-state index in [-0.39, 0.29) is 11.9 Å². The number of pyridine rings is 1. The highest BCUT2D eigenvalue weighted by Gasteiger charge is 2.14. The highest BCUT2D eigenvalue weighted by molar-refractivity contribution is 6.02. The fraction of sp³-hybridized carbons (Fsp3) is 0.471. The molecule has 0 radical (unpaired) electrons. The van der Waals surface area contributed by atoms with Crippen LogP contribution in [0.5, 0.6) is 5.88 Å². The van der Waals surface area contributed by atoms with E-state index in [2.05, 4.69) is 15.4 Å². The first kappa shape index (κ1) is 17.9. The minimum atomic E-state index is -0.247. The molecule has 0 bridgehead atoms. The summed E-state index contributed by atoms with van der Waals surface area (Å²) in [7, 11) is 3.96. The molecule has 130 valence electrons. The van der Waals surface area contributed by atoms with Gasteiger partial charge in [0.15, 0.2) is 5.69 Å². The lowest BCUT2D eigenvalue weighted by molar-refractivity contribution is 0.102. The van der Waals surface area contributed by atoms with Crippen molar-refractivity contribution in [1.29, 1.82) is 0 Å². The van der Waals surface area contributed by atoms with Crippen molar-refractivity contribution in [2.75, 3.05) is 32.6 Å². The smallest absolute Gasteiger partial charge is 0.276 e. The molecule has 2 rings (SSSR count). The van der Waals surface area contributed by atoms with Gasteiger partial charge >= 0.3 is 0 Å². The van der Waals surface area contributed by atoms with Gasteiger partial charge in [0, 0.05) is 36.2 Å². The number of hydrogen-bond acceptors (Lipinski definition) is 5. The molecule has 0 spiro atoms. The number of ether oxygens (including phenoxy) is 1. The topological polar surface area (TPSA) is 72.3 Å². The Bertz CT molecular complexity index is 694. The summed E-state index contributed by atoms with van der Waals surface area (Å²) in [5.74, 6) is 0.237. The molecule has 0 aromatic carbocycles. The van der Waals surface area contributed by atoms with E-state index < -0.39 is 0 Å². The van der Waals surface area contributed by atoms with Crippen molar-refractivity contribution >= 4 is 11.6 Å². The van der Waals surface area contributed by atoms with E-state index in [4.69, 9.17) is 4.74 Å². The molecule has 1 N–H and O–H groups in total. The van der Waals surface area contributed by atoms with Crippen LogP contribution >= 0.6 is 0 Å². The third-order valence-corrected chi connectivity index (χ3v) is 3.43. The average molecular weight is 331 g/mol. The summed E-state index contributed by atoms with van der Waals surface area (Å²) in [6.07, 6.45) is 1.61. The lowest BCUT2D eigenvalue weighted by atomic mass is 10.3. The molecule has 1 amide bonds. The largest absolute Gasteiger partial charge is 0.476 e. The van der Waals surface area contributed by atoms with E-state index in [0.717, 1.165) is 12.2 Å². The summed E-state index contributed by atoms with van der Waals surface area (Å²) in [6.45, 7) is 7.33. The minimum Gasteiger partial charge on any atom is -0.476 e. The van der Waals surface area contributed by atoms with Gasteiger partial charge in [0.25, 0.3) is 5.91 Å². The van der Waals surface area contributed by atoms with Gasteiger partial charge in [-0.25, -0.2) is 4.98 Å². The van der Waals surface area contributed by atoms with Gasteiger partial charge in [-0.3, -0.25) is 9.48 Å². The van der Waals surface area contributed by atoms with E-state index in [1.807, 2.05) is 44.4 Å². The molecular formula is C17H25N5O2. The number of aromatic nitrogens is 3. The normalized spacial score (nSPS) is 11.1. The summed E-state index contributed by atoms with van der Waals surface area (Å²) in [5, 5.41) is 7.18. The third-order valence-electron chi connectivity index (χ3n) is 3.43. The number of carbonyl (C=O) groups excluding carboxylic acids is 1. The zero-order valence-electron chi connectivity index (χ0n) is 14.9. The predicted octanol–water partition coefficient (Wildman–Crippen LogP) is 2.36. The van der Waals surface area contributed by atoms with Gasteiger partial charge in [-0.2, -0.15) is 5.10 Å². The molecule has 24 heavy (non-hydrogen) atoms. The van der Waals surface area contributed by atoms with Crippen molar-refractivity contribution in [2.24, 2.45) is 0 Å². The molecule has 7 heteroatoms. The second-order valence-corrected chi connectivity index (χ2v) is 6.20. The van der Waals surface area contributed by atoms with Crippen LogP contribution in [-0.4, -0.2) is 52.8 Å². The first-order chi connectivity index (χ1) is 11.4. The second-order valence-electron chi connectivity index (χ2n) is 6.20. The van der Waals surface area contributed by atoms with Gasteiger partial charge in [-0.1, -0.05) is 0 Å². The molecule has 0 atom stereocenters. The van der Waals surface area contributed by atoms with E-state index >= 15 is 0 Å². The van der Waals surface area contributed by atoms with Gasteiger partial charge in [0.1, 0.15) is 6.61 Å². The number of nitrogens with one attached hydrogen (secondary N) is 1. The molecule has 2 aromatic rings. The zero-order valence-corrected chi connectivity index (χ0v) is 14.9. The van der Waals surface area contributed by atoms with Crippen molar-refractivity contribution < 1.29 is 9.53 Å². The summed E-state index contributed by atoms with van der Waals surface area (Å²) >= 11 is 0. The SMILES string of the molecule is Cc1cc(C(=O)Nc2ccnc(OCCN(C)C)c2)nn1C(C)C. The third kappa shape index (κ3) is 4.79. The zero-order chi connectivity index (χ0) is 17.7. The molecule has 0 saturated carbocycles. The Morgan fingerprint density at radius 3 is 2.75 bits per heavy atom. The Kier molecular flexibility index (Phi) is 5.92. The lowest BCUT2D eigenvalue weighted by Gasteiger charge is -2.11. The number of carbonyl (C=O) groups is 1. The average Bonchev–Trinajstić information content (AvgIpc) is 2.89. The Morgan fingerprint density at radius 2 is 2.12 bits per heavy atom. The quantitative estimate of drug-likeness (QED) is 0.843. The number of nitrogens with zero attached hydrogens (tertiary/aromatic N) is 4. The van der Waals surface area contributed by atoms with Gasteiger partial charge in [0.05, 0.1) is 0 Å². The highest BCUT2D eigenvalue weighted by Crippen LogP contribution is 2.16. The van der Waals surface area contributed by atoms with Gasteiger partial charge < -0.3 is 15.0 Å². The van der Waals surface area contributed by atoms with Crippen LogP contribution in [-0.2, 0) is 0 Å². The number of likely N-dealkylation sites (N-methyl/N-ethyl adjacent to an activating group) is 1. The monoisotopic (exact) mass is 331 g/mol. The van der Waals surface area contributed by atoms with Crippen LogP contribution in [0, 0.1) is 6.92 Å². The van der Waals surface area contributed by atoms with Crippen LogP contribution < -0.4 is 10.1 Å². The van der Waals surface area contributed by atoms with E-state index in [9.17, 15) is 4.79 Å². The summed E-state index contributed by atoms with van der Waals surface area (Å²) < 4.78 is 7.41. The van der Waals surface area contributed by atoms with Gasteiger partial charge in [-0.05, 0) is 47.0 Å². The molecule has 0 aliphatic heterocycles. The van der Waals surface area contributed by atoms with Crippen molar-refractivity contribution in [1.82, 2.24) is 19.7 Å². The maximum Gasteiger partial charge on any atom is 0.276 e. The van der Waals surface area contributed by atoms with Crippen LogP contribution in [0.3, 0.4) is 0 Å². The lowest BCUT2D eigenvalue weighted by Crippen LogP contribution is -2.19. The Hall–Kier alpha value is -2.41. The van der Waals surface area contributed by atoms with E-state index in [1.54, 1.807) is 24.4 Å². The number of anilines is 1. The van der Waals surface area contributed by atoms with Crippen molar-refractivity contribution in [3.8, 4) is 5.88 Å². The molecule has 7 nitrogen and oxygen atoms in total.